The van der Waals surface area contributed by atoms with Gasteiger partial charge in [0.15, 0.2) is 0 Å². The van der Waals surface area contributed by atoms with Crippen LogP contribution in [0, 0.1) is 20.8 Å². The number of sulfonamides is 1. The maximum absolute atomic E-state index is 12.6. The number of rotatable bonds is 4. The van der Waals surface area contributed by atoms with Crippen LogP contribution in [0.1, 0.15) is 27.0 Å². The van der Waals surface area contributed by atoms with E-state index in [0.717, 1.165) is 10.0 Å². The number of carboxylic acid groups (broad SMARTS) is 1. The summed E-state index contributed by atoms with van der Waals surface area (Å²) >= 11 is 3.36. The predicted molar refractivity (Wildman–Crippen MR) is 92.6 cm³/mol. The first-order chi connectivity index (χ1) is 10.6. The first-order valence-electron chi connectivity index (χ1n) is 6.75. The molecule has 2 aromatic rings. The summed E-state index contributed by atoms with van der Waals surface area (Å²) < 4.78 is 28.6. The van der Waals surface area contributed by atoms with E-state index in [-0.39, 0.29) is 10.5 Å². The molecule has 0 bridgehead atoms. The molecule has 122 valence electrons. The van der Waals surface area contributed by atoms with E-state index in [9.17, 15) is 13.2 Å². The molecule has 0 saturated carbocycles. The predicted octanol–water partition coefficient (Wildman–Crippen LogP) is 3.87. The number of carboxylic acids is 1. The molecule has 0 amide bonds. The zero-order valence-electron chi connectivity index (χ0n) is 12.8. The number of hydrogen-bond donors (Lipinski definition) is 2. The van der Waals surface area contributed by atoms with Gasteiger partial charge in [0.25, 0.3) is 10.0 Å². The number of benzene rings is 2. The van der Waals surface area contributed by atoms with Crippen LogP contribution >= 0.6 is 15.9 Å². The fourth-order valence-corrected chi connectivity index (χ4v) is 3.79. The van der Waals surface area contributed by atoms with E-state index >= 15 is 0 Å². The number of hydrogen-bond acceptors (Lipinski definition) is 3. The van der Waals surface area contributed by atoms with E-state index in [1.165, 1.54) is 12.1 Å². The minimum atomic E-state index is -3.88. The van der Waals surface area contributed by atoms with Gasteiger partial charge in [0, 0.05) is 10.2 Å². The molecule has 0 radical (unpaired) electrons. The molecule has 0 unspecified atom stereocenters. The number of halogens is 1. The second-order valence-electron chi connectivity index (χ2n) is 5.29. The topological polar surface area (TPSA) is 83.5 Å². The van der Waals surface area contributed by atoms with Crippen molar-refractivity contribution in [2.24, 2.45) is 0 Å². The third-order valence-electron chi connectivity index (χ3n) is 3.57. The molecule has 7 heteroatoms. The number of nitrogens with one attached hydrogen (secondary N) is 1. The third-order valence-corrected chi connectivity index (χ3v) is 5.96. The summed E-state index contributed by atoms with van der Waals surface area (Å²) in [6.45, 7) is 5.19. The lowest BCUT2D eigenvalue weighted by Crippen LogP contribution is -2.16. The van der Waals surface area contributed by atoms with Crippen molar-refractivity contribution in [2.45, 2.75) is 25.7 Å². The smallest absolute Gasteiger partial charge is 0.335 e. The van der Waals surface area contributed by atoms with Gasteiger partial charge in [-0.15, -0.1) is 0 Å². The van der Waals surface area contributed by atoms with E-state index in [1.54, 1.807) is 32.0 Å². The fourth-order valence-electron chi connectivity index (χ4n) is 2.15. The van der Waals surface area contributed by atoms with Gasteiger partial charge in [-0.2, -0.15) is 0 Å². The highest BCUT2D eigenvalue weighted by Crippen LogP contribution is 2.26. The Morgan fingerprint density at radius 1 is 1.09 bits per heavy atom. The van der Waals surface area contributed by atoms with Gasteiger partial charge in [0.2, 0.25) is 0 Å². The largest absolute Gasteiger partial charge is 0.478 e. The molecule has 5 nitrogen and oxygen atoms in total. The average molecular weight is 398 g/mol. The van der Waals surface area contributed by atoms with Crippen LogP contribution in [-0.4, -0.2) is 19.5 Å². The highest BCUT2D eigenvalue weighted by atomic mass is 79.9. The van der Waals surface area contributed by atoms with Crippen LogP contribution in [0.2, 0.25) is 0 Å². The van der Waals surface area contributed by atoms with Crippen LogP contribution < -0.4 is 4.72 Å². The molecular formula is C16H16BrNO4S. The van der Waals surface area contributed by atoms with Crippen molar-refractivity contribution in [2.75, 3.05) is 4.72 Å². The van der Waals surface area contributed by atoms with E-state index in [1.807, 2.05) is 6.92 Å². The van der Waals surface area contributed by atoms with E-state index in [0.29, 0.717) is 16.8 Å². The first-order valence-corrected chi connectivity index (χ1v) is 9.03. The number of carbonyl (C=O) groups is 1. The van der Waals surface area contributed by atoms with Crippen LogP contribution in [0.4, 0.5) is 5.69 Å². The zero-order valence-corrected chi connectivity index (χ0v) is 15.2. The van der Waals surface area contributed by atoms with Crippen LogP contribution in [0.25, 0.3) is 0 Å². The summed E-state index contributed by atoms with van der Waals surface area (Å²) in [6, 6.07) is 7.72. The molecule has 23 heavy (non-hydrogen) atoms. The van der Waals surface area contributed by atoms with Crippen molar-refractivity contribution in [1.29, 1.82) is 0 Å². The monoisotopic (exact) mass is 397 g/mol. The summed E-state index contributed by atoms with van der Waals surface area (Å²) in [7, 11) is -3.88. The number of aromatic carboxylic acids is 1. The lowest BCUT2D eigenvalue weighted by molar-refractivity contribution is 0.0696. The van der Waals surface area contributed by atoms with Crippen LogP contribution in [-0.2, 0) is 10.0 Å². The summed E-state index contributed by atoms with van der Waals surface area (Å²) in [4.78, 5) is 11.1. The minimum absolute atomic E-state index is 0.0320. The second kappa shape index (κ2) is 6.33. The molecule has 0 aliphatic rings. The van der Waals surface area contributed by atoms with Gasteiger partial charge in [-0.3, -0.25) is 4.72 Å². The SMILES string of the molecule is Cc1cc(NS(=O)(=O)c2cc(C(=O)O)cc(C)c2C)ccc1Br. The quantitative estimate of drug-likeness (QED) is 0.819. The van der Waals surface area contributed by atoms with Gasteiger partial charge in [-0.05, 0) is 67.8 Å². The van der Waals surface area contributed by atoms with Gasteiger partial charge in [0.1, 0.15) is 0 Å². The van der Waals surface area contributed by atoms with Crippen molar-refractivity contribution in [3.05, 3.63) is 57.1 Å². The average Bonchev–Trinajstić information content (AvgIpc) is 2.45. The maximum Gasteiger partial charge on any atom is 0.335 e. The lowest BCUT2D eigenvalue weighted by Gasteiger charge is -2.14. The van der Waals surface area contributed by atoms with Gasteiger partial charge in [0.05, 0.1) is 10.5 Å². The van der Waals surface area contributed by atoms with Crippen LogP contribution in [0.5, 0.6) is 0 Å². The zero-order chi connectivity index (χ0) is 17.4. The van der Waals surface area contributed by atoms with Gasteiger partial charge >= 0.3 is 5.97 Å². The van der Waals surface area contributed by atoms with Crippen LogP contribution in [0.15, 0.2) is 39.7 Å². The molecule has 0 fully saturated rings. The Kier molecular flexibility index (Phi) is 4.81. The normalized spacial score (nSPS) is 11.3. The van der Waals surface area contributed by atoms with E-state index < -0.39 is 16.0 Å². The summed E-state index contributed by atoms with van der Waals surface area (Å²) in [5, 5.41) is 9.13. The summed E-state index contributed by atoms with van der Waals surface area (Å²) in [6.07, 6.45) is 0. The van der Waals surface area contributed by atoms with Crippen molar-refractivity contribution in [1.82, 2.24) is 0 Å². The Balaban J connectivity index is 2.51. The number of anilines is 1. The molecule has 0 aromatic heterocycles. The summed E-state index contributed by atoms with van der Waals surface area (Å²) in [5.41, 5.74) is 2.38. The second-order valence-corrected chi connectivity index (χ2v) is 7.80. The first kappa shape index (κ1) is 17.5. The molecular weight excluding hydrogens is 382 g/mol. The Morgan fingerprint density at radius 3 is 2.30 bits per heavy atom. The molecule has 2 aromatic carbocycles. The van der Waals surface area contributed by atoms with Gasteiger partial charge in [-0.25, -0.2) is 13.2 Å². The Hall–Kier alpha value is -1.86. The summed E-state index contributed by atoms with van der Waals surface area (Å²) in [5.74, 6) is -1.16. The molecule has 2 N–H and O–H groups in total. The standard InChI is InChI=1S/C16H16BrNO4S/c1-9-6-12(16(19)20)8-15(11(9)3)23(21,22)18-13-4-5-14(17)10(2)7-13/h4-8,18H,1-3H3,(H,19,20). The van der Waals surface area contributed by atoms with Gasteiger partial charge in [-0.1, -0.05) is 15.9 Å². The molecule has 0 aliphatic carbocycles. The molecule has 0 atom stereocenters. The Labute approximate surface area is 143 Å². The highest BCUT2D eigenvalue weighted by molar-refractivity contribution is 9.10. The Bertz CT molecular complexity index is 891. The molecule has 0 aliphatic heterocycles. The van der Waals surface area contributed by atoms with Gasteiger partial charge < -0.3 is 5.11 Å². The molecule has 0 spiro atoms. The molecule has 2 rings (SSSR count). The van der Waals surface area contributed by atoms with Crippen molar-refractivity contribution >= 4 is 37.6 Å². The van der Waals surface area contributed by atoms with Crippen LogP contribution in [0.3, 0.4) is 0 Å². The minimum Gasteiger partial charge on any atom is -0.478 e. The van der Waals surface area contributed by atoms with E-state index in [2.05, 4.69) is 20.7 Å². The Morgan fingerprint density at radius 2 is 1.74 bits per heavy atom. The van der Waals surface area contributed by atoms with Crippen molar-refractivity contribution < 1.29 is 18.3 Å². The third kappa shape index (κ3) is 3.73. The van der Waals surface area contributed by atoms with Crippen molar-refractivity contribution in [3.63, 3.8) is 0 Å². The molecule has 0 saturated heterocycles. The highest BCUT2D eigenvalue weighted by Gasteiger charge is 2.21. The fraction of sp³-hybridized carbons (Fsp3) is 0.188. The van der Waals surface area contributed by atoms with E-state index in [4.69, 9.17) is 5.11 Å². The molecule has 0 heterocycles. The maximum atomic E-state index is 12.6. The van der Waals surface area contributed by atoms with Crippen molar-refractivity contribution in [3.8, 4) is 0 Å². The number of aryl methyl sites for hydroxylation is 2. The lowest BCUT2D eigenvalue weighted by atomic mass is 10.1.